The number of benzene rings is 1. The van der Waals surface area contributed by atoms with Crippen molar-refractivity contribution in [1.29, 1.82) is 0 Å². The van der Waals surface area contributed by atoms with Crippen LogP contribution in [0, 0.1) is 0 Å². The van der Waals surface area contributed by atoms with Gasteiger partial charge in [-0.05, 0) is 31.6 Å². The number of epoxide rings is 1. The second-order valence-electron chi connectivity index (χ2n) is 4.65. The van der Waals surface area contributed by atoms with E-state index in [1.807, 2.05) is 38.1 Å². The van der Waals surface area contributed by atoms with Crippen LogP contribution >= 0.6 is 11.6 Å². The van der Waals surface area contributed by atoms with Gasteiger partial charge in [0.1, 0.15) is 11.9 Å². The van der Waals surface area contributed by atoms with Crippen LogP contribution in [0.4, 0.5) is 5.69 Å². The van der Waals surface area contributed by atoms with Gasteiger partial charge in [-0.3, -0.25) is 0 Å². The Morgan fingerprint density at radius 2 is 2.25 bits per heavy atom. The molecule has 0 saturated carbocycles. The van der Waals surface area contributed by atoms with E-state index in [4.69, 9.17) is 21.1 Å². The van der Waals surface area contributed by atoms with E-state index in [1.54, 1.807) is 7.11 Å². The zero-order chi connectivity index (χ0) is 14.5. The Kier molecular flexibility index (Phi) is 5.10. The first-order chi connectivity index (χ1) is 9.67. The first-order valence-electron chi connectivity index (χ1n) is 6.71. The van der Waals surface area contributed by atoms with Gasteiger partial charge in [0.05, 0.1) is 17.8 Å². The molecule has 2 atom stereocenters. The van der Waals surface area contributed by atoms with Gasteiger partial charge in [0.25, 0.3) is 0 Å². The van der Waals surface area contributed by atoms with E-state index in [0.29, 0.717) is 5.02 Å². The zero-order valence-electron chi connectivity index (χ0n) is 12.0. The molecule has 1 aliphatic heterocycles. The molecule has 1 aromatic carbocycles. The molecule has 1 aromatic rings. The smallest absolute Gasteiger partial charge is 0.155 e. The van der Waals surface area contributed by atoms with Crippen molar-refractivity contribution in [2.45, 2.75) is 32.6 Å². The number of methoxy groups -OCH3 is 1. The Labute approximate surface area is 125 Å². The molecule has 2 rings (SSSR count). The summed E-state index contributed by atoms with van der Waals surface area (Å²) in [5, 5.41) is 3.96. The van der Waals surface area contributed by atoms with Crippen molar-refractivity contribution in [3.8, 4) is 5.75 Å². The molecule has 0 bridgehead atoms. The van der Waals surface area contributed by atoms with Crippen molar-refractivity contribution in [2.75, 3.05) is 12.4 Å². The first kappa shape index (κ1) is 14.9. The fraction of sp³-hybridized carbons (Fsp3) is 0.375. The highest BCUT2D eigenvalue weighted by Gasteiger charge is 2.39. The van der Waals surface area contributed by atoms with Gasteiger partial charge >= 0.3 is 0 Å². The van der Waals surface area contributed by atoms with Crippen molar-refractivity contribution in [3.63, 3.8) is 0 Å². The van der Waals surface area contributed by atoms with Crippen LogP contribution in [-0.2, 0) is 4.74 Å². The van der Waals surface area contributed by atoms with Crippen molar-refractivity contribution >= 4 is 17.3 Å². The highest BCUT2D eigenvalue weighted by atomic mass is 35.5. The summed E-state index contributed by atoms with van der Waals surface area (Å²) in [6.45, 7) is 4.06. The van der Waals surface area contributed by atoms with E-state index in [9.17, 15) is 0 Å². The predicted octanol–water partition coefficient (Wildman–Crippen LogP) is 4.40. The maximum absolute atomic E-state index is 6.16. The molecule has 0 spiro atoms. The molecule has 20 heavy (non-hydrogen) atoms. The minimum atomic E-state index is 0.0137. The first-order valence-corrected chi connectivity index (χ1v) is 7.09. The predicted molar refractivity (Wildman–Crippen MR) is 83.5 cm³/mol. The third kappa shape index (κ3) is 3.78. The number of anilines is 1. The maximum Gasteiger partial charge on any atom is 0.155 e. The number of halogens is 1. The summed E-state index contributed by atoms with van der Waals surface area (Å²) < 4.78 is 10.8. The number of rotatable bonds is 6. The SMILES string of the molecule is C/C=C\C(=C/C)CC1OC1Nc1cc(OC)ccc1Cl. The number of allylic oxidation sites excluding steroid dienone is 3. The third-order valence-electron chi connectivity index (χ3n) is 3.24. The maximum atomic E-state index is 6.16. The van der Waals surface area contributed by atoms with Crippen molar-refractivity contribution < 1.29 is 9.47 Å². The molecule has 3 nitrogen and oxygen atoms in total. The summed E-state index contributed by atoms with van der Waals surface area (Å²) in [7, 11) is 1.64. The van der Waals surface area contributed by atoms with Crippen LogP contribution in [0.3, 0.4) is 0 Å². The van der Waals surface area contributed by atoms with Crippen molar-refractivity contribution in [1.82, 2.24) is 0 Å². The van der Waals surface area contributed by atoms with E-state index in [1.165, 1.54) is 5.57 Å². The standard InChI is InChI=1S/C16H20ClNO2/c1-4-6-11(5-2)9-15-16(20-15)18-14-10-12(19-3)7-8-13(14)17/h4-8,10,15-16,18H,9H2,1-3H3/b6-4-,11-5+. The lowest BCUT2D eigenvalue weighted by molar-refractivity contribution is 0.381. The molecule has 1 N–H and O–H groups in total. The molecular weight excluding hydrogens is 274 g/mol. The highest BCUT2D eigenvalue weighted by molar-refractivity contribution is 6.33. The lowest BCUT2D eigenvalue weighted by atomic mass is 10.1. The zero-order valence-corrected chi connectivity index (χ0v) is 12.8. The monoisotopic (exact) mass is 293 g/mol. The molecule has 1 fully saturated rings. The lowest BCUT2D eigenvalue weighted by Gasteiger charge is -2.08. The Balaban J connectivity index is 1.94. The second kappa shape index (κ2) is 6.82. The molecule has 1 heterocycles. The summed E-state index contributed by atoms with van der Waals surface area (Å²) in [5.74, 6) is 0.775. The summed E-state index contributed by atoms with van der Waals surface area (Å²) in [6.07, 6.45) is 7.37. The van der Waals surface area contributed by atoms with Gasteiger partial charge < -0.3 is 14.8 Å². The number of nitrogens with one attached hydrogen (secondary N) is 1. The summed E-state index contributed by atoms with van der Waals surface area (Å²) >= 11 is 6.16. The summed E-state index contributed by atoms with van der Waals surface area (Å²) in [5.41, 5.74) is 2.12. The van der Waals surface area contributed by atoms with Crippen molar-refractivity contribution in [2.24, 2.45) is 0 Å². The van der Waals surface area contributed by atoms with E-state index in [0.717, 1.165) is 17.9 Å². The second-order valence-corrected chi connectivity index (χ2v) is 5.06. The van der Waals surface area contributed by atoms with Crippen LogP contribution in [-0.4, -0.2) is 19.4 Å². The van der Waals surface area contributed by atoms with E-state index < -0.39 is 0 Å². The molecule has 0 aromatic heterocycles. The molecule has 108 valence electrons. The van der Waals surface area contributed by atoms with E-state index >= 15 is 0 Å². The van der Waals surface area contributed by atoms with E-state index in [-0.39, 0.29) is 12.3 Å². The van der Waals surface area contributed by atoms with Crippen LogP contribution in [0.1, 0.15) is 20.3 Å². The molecule has 0 aliphatic carbocycles. The summed E-state index contributed by atoms with van der Waals surface area (Å²) in [4.78, 5) is 0. The van der Waals surface area contributed by atoms with Crippen molar-refractivity contribution in [3.05, 3.63) is 47.0 Å². The highest BCUT2D eigenvalue weighted by Crippen LogP contribution is 2.34. The lowest BCUT2D eigenvalue weighted by Crippen LogP contribution is -2.08. The number of hydrogen-bond acceptors (Lipinski definition) is 3. The number of hydrogen-bond donors (Lipinski definition) is 1. The van der Waals surface area contributed by atoms with Gasteiger partial charge in [-0.2, -0.15) is 0 Å². The van der Waals surface area contributed by atoms with Gasteiger partial charge in [-0.15, -0.1) is 0 Å². The van der Waals surface area contributed by atoms with Gasteiger partial charge in [-0.25, -0.2) is 0 Å². The van der Waals surface area contributed by atoms with Crippen LogP contribution in [0.15, 0.2) is 42.0 Å². The Hall–Kier alpha value is -1.45. The Bertz CT molecular complexity index is 525. The average Bonchev–Trinajstić information content (AvgIpc) is 3.18. The Morgan fingerprint density at radius 1 is 1.45 bits per heavy atom. The molecule has 4 heteroatoms. The van der Waals surface area contributed by atoms with Crippen LogP contribution in [0.5, 0.6) is 5.75 Å². The minimum Gasteiger partial charge on any atom is -0.497 e. The quantitative estimate of drug-likeness (QED) is 0.623. The van der Waals surface area contributed by atoms with Gasteiger partial charge in [0, 0.05) is 12.5 Å². The van der Waals surface area contributed by atoms with Crippen LogP contribution in [0.2, 0.25) is 5.02 Å². The van der Waals surface area contributed by atoms with Crippen LogP contribution < -0.4 is 10.1 Å². The fourth-order valence-electron chi connectivity index (χ4n) is 2.05. The molecule has 1 aliphatic rings. The molecule has 1 saturated heterocycles. The normalized spacial score (nSPS) is 22.1. The Morgan fingerprint density at radius 3 is 2.90 bits per heavy atom. The molecule has 0 amide bonds. The largest absolute Gasteiger partial charge is 0.497 e. The third-order valence-corrected chi connectivity index (χ3v) is 3.57. The fourth-order valence-corrected chi connectivity index (χ4v) is 2.22. The number of ether oxygens (including phenoxy) is 2. The van der Waals surface area contributed by atoms with Gasteiger partial charge in [-0.1, -0.05) is 29.8 Å². The van der Waals surface area contributed by atoms with Gasteiger partial charge in [0.15, 0.2) is 6.23 Å². The van der Waals surface area contributed by atoms with E-state index in [2.05, 4.69) is 17.5 Å². The summed E-state index contributed by atoms with van der Waals surface area (Å²) in [6, 6.07) is 5.53. The topological polar surface area (TPSA) is 33.8 Å². The molecule has 0 radical (unpaired) electrons. The van der Waals surface area contributed by atoms with Gasteiger partial charge in [0.2, 0.25) is 0 Å². The molecular formula is C16H20ClNO2. The van der Waals surface area contributed by atoms with Crippen LogP contribution in [0.25, 0.3) is 0 Å². The minimum absolute atomic E-state index is 0.0137. The average molecular weight is 294 g/mol. The molecule has 2 unspecified atom stereocenters.